The van der Waals surface area contributed by atoms with E-state index in [9.17, 15) is 0 Å². The lowest BCUT2D eigenvalue weighted by Crippen LogP contribution is -2.49. The van der Waals surface area contributed by atoms with Crippen LogP contribution < -0.4 is 5.32 Å². The predicted molar refractivity (Wildman–Crippen MR) is 73.5 cm³/mol. The molecule has 1 aromatic carbocycles. The molecule has 1 aliphatic rings. The van der Waals surface area contributed by atoms with Crippen LogP contribution >= 0.6 is 0 Å². The Labute approximate surface area is 105 Å². The maximum absolute atomic E-state index is 3.59. The van der Waals surface area contributed by atoms with E-state index in [4.69, 9.17) is 0 Å². The first kappa shape index (κ1) is 12.6. The highest BCUT2D eigenvalue weighted by Crippen LogP contribution is 2.15. The smallest absolute Gasteiger partial charge is 0.0235 e. The second-order valence-corrected chi connectivity index (χ2v) is 5.51. The zero-order chi connectivity index (χ0) is 12.3. The topological polar surface area (TPSA) is 15.3 Å². The van der Waals surface area contributed by atoms with Crippen LogP contribution in [0.1, 0.15) is 30.9 Å². The van der Waals surface area contributed by atoms with Crippen molar-refractivity contribution in [2.75, 3.05) is 26.7 Å². The summed E-state index contributed by atoms with van der Waals surface area (Å²) < 4.78 is 0. The Hall–Kier alpha value is -0.860. The maximum Gasteiger partial charge on any atom is 0.0235 e. The molecule has 1 N–H and O–H groups in total. The Morgan fingerprint density at radius 1 is 1.29 bits per heavy atom. The molecule has 0 amide bonds. The molecule has 1 aliphatic heterocycles. The monoisotopic (exact) mass is 232 g/mol. The van der Waals surface area contributed by atoms with Crippen molar-refractivity contribution in [1.29, 1.82) is 0 Å². The molecule has 2 heteroatoms. The molecular formula is C15H24N2. The standard InChI is InChI=1S/C15H24N2/c1-12(2)14-6-4-13(5-7-14)10-15-11-17(3)9-8-16-15/h4-7,12,15-16H,8-11H2,1-3H3. The van der Waals surface area contributed by atoms with Crippen molar-refractivity contribution in [2.24, 2.45) is 0 Å². The minimum absolute atomic E-state index is 0.610. The third kappa shape index (κ3) is 3.55. The van der Waals surface area contributed by atoms with Gasteiger partial charge in [0.25, 0.3) is 0 Å². The number of piperazine rings is 1. The zero-order valence-corrected chi connectivity index (χ0v) is 11.2. The highest BCUT2D eigenvalue weighted by molar-refractivity contribution is 5.25. The van der Waals surface area contributed by atoms with Crippen LogP contribution in [-0.2, 0) is 6.42 Å². The first-order chi connectivity index (χ1) is 8.15. The summed E-state index contributed by atoms with van der Waals surface area (Å²) in [4.78, 5) is 2.41. The molecule has 0 radical (unpaired) electrons. The number of benzene rings is 1. The van der Waals surface area contributed by atoms with Gasteiger partial charge in [0.2, 0.25) is 0 Å². The molecule has 0 aliphatic carbocycles. The first-order valence-corrected chi connectivity index (χ1v) is 6.66. The third-order valence-electron chi connectivity index (χ3n) is 3.59. The van der Waals surface area contributed by atoms with Crippen molar-refractivity contribution in [3.05, 3.63) is 35.4 Å². The molecule has 1 fully saturated rings. The van der Waals surface area contributed by atoms with Gasteiger partial charge in [0.15, 0.2) is 0 Å². The predicted octanol–water partition coefficient (Wildman–Crippen LogP) is 2.26. The maximum atomic E-state index is 3.59. The Morgan fingerprint density at radius 2 is 2.00 bits per heavy atom. The van der Waals surface area contributed by atoms with E-state index in [1.54, 1.807) is 0 Å². The molecule has 94 valence electrons. The van der Waals surface area contributed by atoms with Gasteiger partial charge in [0.05, 0.1) is 0 Å². The summed E-state index contributed by atoms with van der Waals surface area (Å²) in [7, 11) is 2.20. The van der Waals surface area contributed by atoms with Crippen LogP contribution in [0.2, 0.25) is 0 Å². The van der Waals surface area contributed by atoms with Crippen LogP contribution in [0.5, 0.6) is 0 Å². The summed E-state index contributed by atoms with van der Waals surface area (Å²) in [5, 5.41) is 3.59. The Morgan fingerprint density at radius 3 is 2.59 bits per heavy atom. The van der Waals surface area contributed by atoms with Gasteiger partial charge in [-0.15, -0.1) is 0 Å². The molecule has 0 saturated carbocycles. The molecule has 0 spiro atoms. The van der Waals surface area contributed by atoms with E-state index in [0.29, 0.717) is 12.0 Å². The molecule has 2 nitrogen and oxygen atoms in total. The van der Waals surface area contributed by atoms with Crippen molar-refractivity contribution in [2.45, 2.75) is 32.2 Å². The summed E-state index contributed by atoms with van der Waals surface area (Å²) in [6.45, 7) is 7.93. The van der Waals surface area contributed by atoms with Gasteiger partial charge in [0, 0.05) is 25.7 Å². The van der Waals surface area contributed by atoms with E-state index in [0.717, 1.165) is 19.5 Å². The largest absolute Gasteiger partial charge is 0.311 e. The van der Waals surface area contributed by atoms with E-state index in [-0.39, 0.29) is 0 Å². The number of hydrogen-bond donors (Lipinski definition) is 1. The average molecular weight is 232 g/mol. The fourth-order valence-electron chi connectivity index (χ4n) is 2.45. The van der Waals surface area contributed by atoms with Gasteiger partial charge in [-0.25, -0.2) is 0 Å². The van der Waals surface area contributed by atoms with E-state index in [1.165, 1.54) is 17.7 Å². The van der Waals surface area contributed by atoms with Gasteiger partial charge in [-0.1, -0.05) is 38.1 Å². The minimum Gasteiger partial charge on any atom is -0.311 e. The van der Waals surface area contributed by atoms with Crippen LogP contribution in [0.4, 0.5) is 0 Å². The minimum atomic E-state index is 0.610. The number of nitrogens with zero attached hydrogens (tertiary/aromatic N) is 1. The SMILES string of the molecule is CC(C)c1ccc(CC2CN(C)CCN2)cc1. The Balaban J connectivity index is 1.94. The fraction of sp³-hybridized carbons (Fsp3) is 0.600. The summed E-state index contributed by atoms with van der Waals surface area (Å²) >= 11 is 0. The van der Waals surface area contributed by atoms with Crippen LogP contribution in [0.15, 0.2) is 24.3 Å². The molecule has 1 heterocycles. The second kappa shape index (κ2) is 5.65. The van der Waals surface area contributed by atoms with Gasteiger partial charge in [-0.3, -0.25) is 0 Å². The first-order valence-electron chi connectivity index (χ1n) is 6.66. The van der Waals surface area contributed by atoms with Crippen LogP contribution in [-0.4, -0.2) is 37.6 Å². The van der Waals surface area contributed by atoms with Crippen molar-refractivity contribution in [3.8, 4) is 0 Å². The molecule has 0 bridgehead atoms. The van der Waals surface area contributed by atoms with E-state index in [1.807, 2.05) is 0 Å². The Bertz CT molecular complexity index is 342. The van der Waals surface area contributed by atoms with E-state index < -0.39 is 0 Å². The molecule has 17 heavy (non-hydrogen) atoms. The lowest BCUT2D eigenvalue weighted by molar-refractivity contribution is 0.238. The van der Waals surface area contributed by atoms with Gasteiger partial charge in [-0.05, 0) is 30.5 Å². The molecule has 2 rings (SSSR count). The van der Waals surface area contributed by atoms with Crippen molar-refractivity contribution >= 4 is 0 Å². The number of rotatable bonds is 3. The quantitative estimate of drug-likeness (QED) is 0.860. The van der Waals surface area contributed by atoms with Gasteiger partial charge in [-0.2, -0.15) is 0 Å². The summed E-state index contributed by atoms with van der Waals surface area (Å²) in [6, 6.07) is 9.72. The molecular weight excluding hydrogens is 208 g/mol. The van der Waals surface area contributed by atoms with Crippen LogP contribution in [0, 0.1) is 0 Å². The Kier molecular flexibility index (Phi) is 4.19. The van der Waals surface area contributed by atoms with Gasteiger partial charge >= 0.3 is 0 Å². The van der Waals surface area contributed by atoms with Crippen LogP contribution in [0.25, 0.3) is 0 Å². The molecule has 1 aromatic rings. The van der Waals surface area contributed by atoms with Crippen LogP contribution in [0.3, 0.4) is 0 Å². The summed E-state index contributed by atoms with van der Waals surface area (Å²) in [5.74, 6) is 0.628. The van der Waals surface area contributed by atoms with E-state index in [2.05, 4.69) is 55.4 Å². The number of hydrogen-bond acceptors (Lipinski definition) is 2. The van der Waals surface area contributed by atoms with Gasteiger partial charge in [0.1, 0.15) is 0 Å². The van der Waals surface area contributed by atoms with Crippen molar-refractivity contribution < 1.29 is 0 Å². The van der Waals surface area contributed by atoms with E-state index >= 15 is 0 Å². The highest BCUT2D eigenvalue weighted by Gasteiger charge is 2.16. The number of nitrogens with one attached hydrogen (secondary N) is 1. The normalized spacial score (nSPS) is 22.0. The lowest BCUT2D eigenvalue weighted by Gasteiger charge is -2.31. The summed E-state index contributed by atoms with van der Waals surface area (Å²) in [5.41, 5.74) is 2.88. The summed E-state index contributed by atoms with van der Waals surface area (Å²) in [6.07, 6.45) is 1.14. The zero-order valence-electron chi connectivity index (χ0n) is 11.2. The van der Waals surface area contributed by atoms with Crippen molar-refractivity contribution in [1.82, 2.24) is 10.2 Å². The highest BCUT2D eigenvalue weighted by atomic mass is 15.2. The fourth-order valence-corrected chi connectivity index (χ4v) is 2.45. The molecule has 0 aromatic heterocycles. The molecule has 1 saturated heterocycles. The van der Waals surface area contributed by atoms with Gasteiger partial charge < -0.3 is 10.2 Å². The molecule has 1 unspecified atom stereocenters. The third-order valence-corrected chi connectivity index (χ3v) is 3.59. The van der Waals surface area contributed by atoms with Crippen molar-refractivity contribution in [3.63, 3.8) is 0 Å². The second-order valence-electron chi connectivity index (χ2n) is 5.51. The lowest BCUT2D eigenvalue weighted by atomic mass is 9.98. The molecule has 1 atom stereocenters. The average Bonchev–Trinajstić information content (AvgIpc) is 2.29. The number of likely N-dealkylation sites (N-methyl/N-ethyl adjacent to an activating group) is 1.